The van der Waals surface area contributed by atoms with Gasteiger partial charge in [-0.25, -0.2) is 18.2 Å². The van der Waals surface area contributed by atoms with E-state index in [0.717, 1.165) is 90.0 Å². The molecule has 0 radical (unpaired) electrons. The maximum absolute atomic E-state index is 16.3. The van der Waals surface area contributed by atoms with Crippen LogP contribution in [-0.4, -0.2) is 141 Å². The second kappa shape index (κ2) is 21.7. The van der Waals surface area contributed by atoms with Crippen molar-refractivity contribution in [1.29, 1.82) is 0 Å². The summed E-state index contributed by atoms with van der Waals surface area (Å²) in [6, 6.07) is 15.5. The Morgan fingerprint density at radius 1 is 0.959 bits per heavy atom. The van der Waals surface area contributed by atoms with Crippen LogP contribution in [0, 0.1) is 29.4 Å². The molecule has 1 unspecified atom stereocenters. The molecule has 3 saturated heterocycles. The Balaban J connectivity index is 0.737. The minimum atomic E-state index is -1.59. The molecule has 398 valence electrons. The fraction of sp³-hybridized carbons (Fsp3) is 0.544. The SMILES string of the molecule is Cc1ncsc1-c1ccc(CNC(=O)[C@@H]2C[C@@H](O)CN2C(=O)[C@@H](NC(=O)CN2CCC3(CCN(CCOc4cc(F)c(C5c6[nH]c7ccccc7c6C[C@@H](C)N5CC(C)(C)F)c(F)c4)CC3)CC2)C(C)(C)C)cc1. The van der Waals surface area contributed by atoms with Crippen LogP contribution in [0.2, 0.25) is 0 Å². The van der Waals surface area contributed by atoms with Gasteiger partial charge in [-0.05, 0) is 120 Å². The molecule has 0 aliphatic carbocycles. The van der Waals surface area contributed by atoms with Gasteiger partial charge < -0.3 is 30.4 Å². The van der Waals surface area contributed by atoms with E-state index in [1.54, 1.807) is 11.3 Å². The van der Waals surface area contributed by atoms with Gasteiger partial charge in [0.2, 0.25) is 17.7 Å². The highest BCUT2D eigenvalue weighted by Crippen LogP contribution is 2.45. The first kappa shape index (κ1) is 53.5. The number of hydrogen-bond acceptors (Lipinski definition) is 10. The van der Waals surface area contributed by atoms with Gasteiger partial charge in [-0.15, -0.1) is 11.3 Å². The lowest BCUT2D eigenvalue weighted by Gasteiger charge is -2.47. The summed E-state index contributed by atoms with van der Waals surface area (Å²) in [5.41, 5.74) is 5.08. The monoisotopic (exact) mass is 1040 g/mol. The Bertz CT molecular complexity index is 2780. The van der Waals surface area contributed by atoms with E-state index in [2.05, 4.69) is 30.4 Å². The summed E-state index contributed by atoms with van der Waals surface area (Å²) in [4.78, 5) is 58.2. The number of carbonyl (C=O) groups excluding carboxylic acids is 3. The number of hydrogen-bond donors (Lipinski definition) is 4. The zero-order valence-electron chi connectivity index (χ0n) is 43.9. The topological polar surface area (TPSA) is 146 Å². The summed E-state index contributed by atoms with van der Waals surface area (Å²) in [6.45, 7) is 17.1. The molecule has 4 aliphatic heterocycles. The second-order valence-electron chi connectivity index (χ2n) is 23.1. The molecular formula is C57H73F3N8O5S. The van der Waals surface area contributed by atoms with Crippen LogP contribution in [-0.2, 0) is 27.3 Å². The van der Waals surface area contributed by atoms with Crippen LogP contribution in [0.4, 0.5) is 13.2 Å². The number of carbonyl (C=O) groups is 3. The van der Waals surface area contributed by atoms with E-state index in [1.807, 2.05) is 93.6 Å². The van der Waals surface area contributed by atoms with Gasteiger partial charge in [-0.1, -0.05) is 63.2 Å². The van der Waals surface area contributed by atoms with E-state index >= 15 is 13.2 Å². The number of rotatable bonds is 15. The third-order valence-electron chi connectivity index (χ3n) is 16.0. The minimum Gasteiger partial charge on any atom is -0.492 e. The predicted octanol–water partition coefficient (Wildman–Crippen LogP) is 8.33. The fourth-order valence-electron chi connectivity index (χ4n) is 11.8. The Morgan fingerprint density at radius 3 is 2.26 bits per heavy atom. The number of β-amino-alcohol motifs (C(OH)–C–C–N with tert-alkyl or cyclic N) is 1. The fourth-order valence-corrected chi connectivity index (χ4v) is 12.6. The van der Waals surface area contributed by atoms with Gasteiger partial charge in [0.1, 0.15) is 41.7 Å². The quantitative estimate of drug-likeness (QED) is 0.0814. The lowest BCUT2D eigenvalue weighted by Crippen LogP contribution is -2.59. The standard InChI is InChI=1S/C57H73F3N8O5S/c1-35-26-42-41-10-8-9-11-45(41)63-49(42)50(68(35)33-56(6,7)60)48-43(58)28-40(29-44(48)59)73-25-24-65-20-16-57(17-21-65)18-22-66(23-19-57)32-47(70)64-52(55(3,4)5)54(72)67-31-39(69)27-46(67)53(71)61-30-37-12-14-38(15-13-37)51-36(2)62-34-74-51/h8-15,28-29,34-35,39,46,50,52,63,69H,16-27,30-33H2,1-7H3,(H,61,71)(H,64,70)/t35-,39-,46+,50?,52-/m1/s1. The Labute approximate surface area is 437 Å². The third-order valence-corrected chi connectivity index (χ3v) is 17.0. The van der Waals surface area contributed by atoms with E-state index < -0.39 is 46.9 Å². The van der Waals surface area contributed by atoms with Crippen molar-refractivity contribution >= 4 is 40.0 Å². The Morgan fingerprint density at radius 2 is 1.62 bits per heavy atom. The van der Waals surface area contributed by atoms with Crippen LogP contribution in [0.15, 0.2) is 66.2 Å². The number of H-pyrrole nitrogens is 1. The summed E-state index contributed by atoms with van der Waals surface area (Å²) in [5.74, 6) is -2.34. The molecule has 6 heterocycles. The zero-order valence-corrected chi connectivity index (χ0v) is 44.7. The summed E-state index contributed by atoms with van der Waals surface area (Å²) >= 11 is 1.58. The summed E-state index contributed by atoms with van der Waals surface area (Å²) < 4.78 is 53.8. The predicted molar refractivity (Wildman–Crippen MR) is 282 cm³/mol. The molecule has 0 bridgehead atoms. The van der Waals surface area contributed by atoms with Gasteiger partial charge in [0.15, 0.2) is 0 Å². The maximum atomic E-state index is 16.3. The third kappa shape index (κ3) is 11.9. The number of aryl methyl sites for hydroxylation is 1. The van der Waals surface area contributed by atoms with Crippen molar-refractivity contribution in [2.45, 2.75) is 129 Å². The largest absolute Gasteiger partial charge is 0.492 e. The molecule has 9 rings (SSSR count). The minimum absolute atomic E-state index is 0.00391. The van der Waals surface area contributed by atoms with Gasteiger partial charge in [0.25, 0.3) is 0 Å². The number of thiazole rings is 1. The molecule has 5 atom stereocenters. The van der Waals surface area contributed by atoms with Crippen LogP contribution in [0.3, 0.4) is 0 Å². The Kier molecular flexibility index (Phi) is 15.7. The summed E-state index contributed by atoms with van der Waals surface area (Å²) in [5, 5.41) is 17.7. The molecule has 3 aromatic carbocycles. The van der Waals surface area contributed by atoms with E-state index in [4.69, 9.17) is 4.74 Å². The van der Waals surface area contributed by atoms with E-state index in [-0.39, 0.29) is 79.7 Å². The van der Waals surface area contributed by atoms with Crippen LogP contribution < -0.4 is 15.4 Å². The molecule has 3 amide bonds. The number of nitrogens with zero attached hydrogens (tertiary/aromatic N) is 5. The molecule has 17 heteroatoms. The number of aliphatic hydroxyl groups is 1. The molecule has 4 N–H and O–H groups in total. The number of aromatic amines is 1. The average Bonchev–Trinajstić information content (AvgIpc) is 4.07. The average molecular weight is 1040 g/mol. The molecule has 1 spiro atoms. The van der Waals surface area contributed by atoms with Crippen molar-refractivity contribution in [1.82, 2.24) is 40.2 Å². The number of fused-ring (bicyclic) bond motifs is 3. The molecule has 0 saturated carbocycles. The molecule has 3 fully saturated rings. The summed E-state index contributed by atoms with van der Waals surface area (Å²) in [7, 11) is 0. The first-order chi connectivity index (χ1) is 35.1. The van der Waals surface area contributed by atoms with Crippen LogP contribution in [0.5, 0.6) is 5.75 Å². The maximum Gasteiger partial charge on any atom is 0.246 e. The Hall–Kier alpha value is -5.33. The number of aliphatic hydroxyl groups excluding tert-OH is 1. The molecule has 4 aliphatic rings. The van der Waals surface area contributed by atoms with E-state index in [9.17, 15) is 19.5 Å². The van der Waals surface area contributed by atoms with Gasteiger partial charge in [-0.3, -0.25) is 29.1 Å². The molecule has 5 aromatic rings. The van der Waals surface area contributed by atoms with Crippen molar-refractivity contribution in [3.05, 3.63) is 106 Å². The van der Waals surface area contributed by atoms with E-state index in [0.29, 0.717) is 18.7 Å². The molecule has 2 aromatic heterocycles. The number of para-hydroxylation sites is 1. The molecular weight excluding hydrogens is 966 g/mol. The van der Waals surface area contributed by atoms with E-state index in [1.165, 1.54) is 30.9 Å². The van der Waals surface area contributed by atoms with Gasteiger partial charge >= 0.3 is 0 Å². The van der Waals surface area contributed by atoms with Crippen molar-refractivity contribution < 1.29 is 37.4 Å². The van der Waals surface area contributed by atoms with Gasteiger partial charge in [-0.2, -0.15) is 0 Å². The smallest absolute Gasteiger partial charge is 0.246 e. The lowest BCUT2D eigenvalue weighted by molar-refractivity contribution is -0.144. The van der Waals surface area contributed by atoms with Gasteiger partial charge in [0.05, 0.1) is 34.8 Å². The molecule has 13 nitrogen and oxygen atoms in total. The van der Waals surface area contributed by atoms with Gasteiger partial charge in [0, 0.05) is 72.9 Å². The highest BCUT2D eigenvalue weighted by molar-refractivity contribution is 7.13. The number of benzene rings is 3. The van der Waals surface area contributed by atoms with Crippen molar-refractivity contribution in [2.75, 3.05) is 59.0 Å². The number of piperidine rings is 2. The lowest BCUT2D eigenvalue weighted by atomic mass is 9.71. The highest BCUT2D eigenvalue weighted by atomic mass is 32.1. The number of aromatic nitrogens is 2. The number of amides is 3. The highest BCUT2D eigenvalue weighted by Gasteiger charge is 2.46. The first-order valence-electron chi connectivity index (χ1n) is 26.3. The number of nitrogens with one attached hydrogen (secondary N) is 3. The first-order valence-corrected chi connectivity index (χ1v) is 27.2. The second-order valence-corrected chi connectivity index (χ2v) is 24.0. The van der Waals surface area contributed by atoms with Crippen molar-refractivity contribution in [3.8, 4) is 16.2 Å². The van der Waals surface area contributed by atoms with Crippen molar-refractivity contribution in [3.63, 3.8) is 0 Å². The number of alkyl halides is 1. The van der Waals surface area contributed by atoms with Crippen LogP contribution >= 0.6 is 11.3 Å². The summed E-state index contributed by atoms with van der Waals surface area (Å²) in [6.07, 6.45) is 3.73. The van der Waals surface area contributed by atoms with Crippen LogP contribution in [0.1, 0.15) is 108 Å². The molecule has 74 heavy (non-hydrogen) atoms. The van der Waals surface area contributed by atoms with Crippen LogP contribution in [0.25, 0.3) is 21.3 Å². The zero-order chi connectivity index (χ0) is 52.7. The number of ether oxygens (including phenoxy) is 1. The normalized spacial score (nSPS) is 22.2. The number of likely N-dealkylation sites (tertiary alicyclic amines) is 3. The van der Waals surface area contributed by atoms with Crippen molar-refractivity contribution in [2.24, 2.45) is 10.8 Å². The number of halogens is 3.